The fourth-order valence-corrected chi connectivity index (χ4v) is 2.06. The number of rotatable bonds is 4. The van der Waals surface area contributed by atoms with Crippen molar-refractivity contribution in [1.82, 2.24) is 0 Å². The van der Waals surface area contributed by atoms with Gasteiger partial charge in [0.05, 0.1) is 6.10 Å². The molecule has 15 heavy (non-hydrogen) atoms. The van der Waals surface area contributed by atoms with Gasteiger partial charge in [0.1, 0.15) is 11.9 Å². The highest BCUT2D eigenvalue weighted by atomic mass is 16.5. The molecule has 0 saturated carbocycles. The molecule has 2 unspecified atom stereocenters. The Bertz CT molecular complexity index is 295. The molecule has 1 aliphatic heterocycles. The van der Waals surface area contributed by atoms with Gasteiger partial charge in [-0.05, 0) is 37.8 Å². The van der Waals surface area contributed by atoms with Crippen molar-refractivity contribution in [2.45, 2.75) is 44.8 Å². The Morgan fingerprint density at radius 2 is 2.27 bits per heavy atom. The Labute approximate surface area is 90.9 Å². The maximum absolute atomic E-state index is 9.16. The van der Waals surface area contributed by atoms with E-state index in [1.54, 1.807) is 0 Å². The van der Waals surface area contributed by atoms with Crippen LogP contribution in [0, 0.1) is 0 Å². The van der Waals surface area contributed by atoms with Crippen molar-refractivity contribution in [1.29, 1.82) is 0 Å². The summed E-state index contributed by atoms with van der Waals surface area (Å²) in [5, 5.41) is 9.16. The molecule has 0 amide bonds. The van der Waals surface area contributed by atoms with E-state index in [1.807, 2.05) is 19.1 Å². The summed E-state index contributed by atoms with van der Waals surface area (Å²) < 4.78 is 5.81. The Morgan fingerprint density at radius 1 is 1.47 bits per heavy atom. The van der Waals surface area contributed by atoms with Crippen LogP contribution in [0.2, 0.25) is 0 Å². The predicted octanol–water partition coefficient (Wildman–Crippen LogP) is 2.54. The number of hydrogen-bond donors (Lipinski definition) is 1. The minimum Gasteiger partial charge on any atom is -0.490 e. The van der Waals surface area contributed by atoms with Crippen molar-refractivity contribution >= 4 is 0 Å². The summed E-state index contributed by atoms with van der Waals surface area (Å²) in [5.74, 6) is 1.04. The molecule has 1 aromatic rings. The molecule has 82 valence electrons. The van der Waals surface area contributed by atoms with Crippen LogP contribution in [0.15, 0.2) is 24.3 Å². The maximum Gasteiger partial charge on any atom is 0.123 e. The van der Waals surface area contributed by atoms with Gasteiger partial charge in [0.2, 0.25) is 0 Å². The molecule has 0 fully saturated rings. The number of aliphatic hydroxyl groups excluding tert-OH is 1. The van der Waals surface area contributed by atoms with E-state index in [4.69, 9.17) is 9.84 Å². The third-order valence-corrected chi connectivity index (χ3v) is 2.86. The van der Waals surface area contributed by atoms with Crippen molar-refractivity contribution in [3.05, 3.63) is 29.8 Å². The minimum absolute atomic E-state index is 0.186. The molecule has 1 aromatic carbocycles. The largest absolute Gasteiger partial charge is 0.490 e. The van der Waals surface area contributed by atoms with Crippen LogP contribution in [0.5, 0.6) is 5.75 Å². The van der Waals surface area contributed by atoms with Gasteiger partial charge in [-0.2, -0.15) is 0 Å². The third kappa shape index (κ3) is 2.72. The van der Waals surface area contributed by atoms with Crippen molar-refractivity contribution in [2.24, 2.45) is 0 Å². The average molecular weight is 206 g/mol. The molecule has 2 atom stereocenters. The molecule has 0 aliphatic carbocycles. The molecule has 1 N–H and O–H groups in total. The van der Waals surface area contributed by atoms with Gasteiger partial charge < -0.3 is 9.84 Å². The first kappa shape index (κ1) is 10.5. The van der Waals surface area contributed by atoms with Gasteiger partial charge in [-0.3, -0.25) is 0 Å². The van der Waals surface area contributed by atoms with Crippen molar-refractivity contribution in [2.75, 3.05) is 0 Å². The minimum atomic E-state index is -0.186. The molecule has 0 radical (unpaired) electrons. The van der Waals surface area contributed by atoms with Crippen LogP contribution in [0.4, 0.5) is 0 Å². The van der Waals surface area contributed by atoms with E-state index in [2.05, 4.69) is 12.1 Å². The summed E-state index contributed by atoms with van der Waals surface area (Å²) in [6.07, 6.45) is 4.11. The standard InChI is InChI=1S/C13H18O2/c1-10(14)5-4-7-12-9-11-6-2-3-8-13(11)15-12/h2-3,6,8,10,12,14H,4-5,7,9H2,1H3. The van der Waals surface area contributed by atoms with E-state index in [0.717, 1.165) is 31.4 Å². The van der Waals surface area contributed by atoms with Gasteiger partial charge in [-0.1, -0.05) is 18.2 Å². The average Bonchev–Trinajstić information content (AvgIpc) is 2.59. The van der Waals surface area contributed by atoms with E-state index in [1.165, 1.54) is 5.56 Å². The SMILES string of the molecule is CC(O)CCCC1Cc2ccccc2O1. The summed E-state index contributed by atoms with van der Waals surface area (Å²) >= 11 is 0. The van der Waals surface area contributed by atoms with Crippen LogP contribution in [0.25, 0.3) is 0 Å². The lowest BCUT2D eigenvalue weighted by Gasteiger charge is -2.10. The molecule has 0 aromatic heterocycles. The zero-order chi connectivity index (χ0) is 10.7. The Balaban J connectivity index is 1.80. The van der Waals surface area contributed by atoms with Gasteiger partial charge >= 0.3 is 0 Å². The number of ether oxygens (including phenoxy) is 1. The molecule has 1 aliphatic rings. The van der Waals surface area contributed by atoms with E-state index < -0.39 is 0 Å². The summed E-state index contributed by atoms with van der Waals surface area (Å²) in [6, 6.07) is 8.23. The van der Waals surface area contributed by atoms with Crippen LogP contribution in [0.3, 0.4) is 0 Å². The van der Waals surface area contributed by atoms with Crippen LogP contribution in [-0.4, -0.2) is 17.3 Å². The van der Waals surface area contributed by atoms with E-state index in [0.29, 0.717) is 6.10 Å². The zero-order valence-electron chi connectivity index (χ0n) is 9.15. The number of aliphatic hydroxyl groups is 1. The Morgan fingerprint density at radius 3 is 3.00 bits per heavy atom. The second-order valence-electron chi connectivity index (χ2n) is 4.33. The van der Waals surface area contributed by atoms with E-state index >= 15 is 0 Å². The molecule has 2 heteroatoms. The lowest BCUT2D eigenvalue weighted by molar-refractivity contribution is 0.165. The summed E-state index contributed by atoms with van der Waals surface area (Å²) in [4.78, 5) is 0. The summed E-state index contributed by atoms with van der Waals surface area (Å²) in [6.45, 7) is 1.84. The number of benzene rings is 1. The fraction of sp³-hybridized carbons (Fsp3) is 0.538. The molecule has 0 bridgehead atoms. The molecule has 1 heterocycles. The fourth-order valence-electron chi connectivity index (χ4n) is 2.06. The third-order valence-electron chi connectivity index (χ3n) is 2.86. The topological polar surface area (TPSA) is 29.5 Å². The molecule has 2 rings (SSSR count). The Hall–Kier alpha value is -1.02. The second-order valence-corrected chi connectivity index (χ2v) is 4.33. The molecule has 0 spiro atoms. The lowest BCUT2D eigenvalue weighted by atomic mass is 10.0. The van der Waals surface area contributed by atoms with E-state index in [-0.39, 0.29) is 6.10 Å². The molecule has 0 saturated heterocycles. The van der Waals surface area contributed by atoms with Gasteiger partial charge in [-0.25, -0.2) is 0 Å². The normalized spacial score (nSPS) is 20.8. The number of para-hydroxylation sites is 1. The summed E-state index contributed by atoms with van der Waals surface area (Å²) in [5.41, 5.74) is 1.32. The first-order valence-corrected chi connectivity index (χ1v) is 5.68. The van der Waals surface area contributed by atoms with Crippen LogP contribution in [-0.2, 0) is 6.42 Å². The van der Waals surface area contributed by atoms with Crippen molar-refractivity contribution < 1.29 is 9.84 Å². The van der Waals surface area contributed by atoms with Gasteiger partial charge in [0.15, 0.2) is 0 Å². The number of fused-ring (bicyclic) bond motifs is 1. The van der Waals surface area contributed by atoms with Crippen LogP contribution in [0.1, 0.15) is 31.7 Å². The van der Waals surface area contributed by atoms with Gasteiger partial charge in [-0.15, -0.1) is 0 Å². The summed E-state index contributed by atoms with van der Waals surface area (Å²) in [7, 11) is 0. The maximum atomic E-state index is 9.16. The Kier molecular flexibility index (Phi) is 3.27. The highest BCUT2D eigenvalue weighted by molar-refractivity contribution is 5.37. The highest BCUT2D eigenvalue weighted by Crippen LogP contribution is 2.30. The smallest absolute Gasteiger partial charge is 0.123 e. The lowest BCUT2D eigenvalue weighted by Crippen LogP contribution is -2.13. The van der Waals surface area contributed by atoms with Crippen molar-refractivity contribution in [3.8, 4) is 5.75 Å². The second kappa shape index (κ2) is 4.67. The van der Waals surface area contributed by atoms with Crippen molar-refractivity contribution in [3.63, 3.8) is 0 Å². The highest BCUT2D eigenvalue weighted by Gasteiger charge is 2.21. The zero-order valence-corrected chi connectivity index (χ0v) is 9.15. The van der Waals surface area contributed by atoms with Gasteiger partial charge in [0.25, 0.3) is 0 Å². The molecule has 2 nitrogen and oxygen atoms in total. The molecular weight excluding hydrogens is 188 g/mol. The quantitative estimate of drug-likeness (QED) is 0.820. The van der Waals surface area contributed by atoms with E-state index in [9.17, 15) is 0 Å². The monoisotopic (exact) mass is 206 g/mol. The predicted molar refractivity (Wildman–Crippen MR) is 60.1 cm³/mol. The first-order valence-electron chi connectivity index (χ1n) is 5.68. The van der Waals surface area contributed by atoms with Crippen LogP contribution < -0.4 is 4.74 Å². The first-order chi connectivity index (χ1) is 7.25. The van der Waals surface area contributed by atoms with Gasteiger partial charge in [0, 0.05) is 6.42 Å². The molecular formula is C13H18O2. The number of hydrogen-bond acceptors (Lipinski definition) is 2. The van der Waals surface area contributed by atoms with Crippen LogP contribution >= 0.6 is 0 Å².